The van der Waals surface area contributed by atoms with Gasteiger partial charge in [-0.05, 0) is 44.8 Å². The van der Waals surface area contributed by atoms with Crippen LogP contribution >= 0.6 is 0 Å². The lowest BCUT2D eigenvalue weighted by molar-refractivity contribution is 0.179. The highest BCUT2D eigenvalue weighted by atomic mass is 16.5. The van der Waals surface area contributed by atoms with E-state index in [-0.39, 0.29) is 0 Å². The summed E-state index contributed by atoms with van der Waals surface area (Å²) >= 11 is 0. The van der Waals surface area contributed by atoms with E-state index < -0.39 is 0 Å². The van der Waals surface area contributed by atoms with Crippen molar-refractivity contribution in [2.75, 3.05) is 33.4 Å². The maximum absolute atomic E-state index is 5.15. The molecule has 0 saturated carbocycles. The van der Waals surface area contributed by atoms with Crippen molar-refractivity contribution in [2.24, 2.45) is 0 Å². The largest absolute Gasteiger partial charge is 0.385 e. The Morgan fingerprint density at radius 1 is 1.20 bits per heavy atom. The highest BCUT2D eigenvalue weighted by molar-refractivity contribution is 5.19. The Hall–Kier alpha value is -0.900. The van der Waals surface area contributed by atoms with E-state index in [0.29, 0.717) is 12.1 Å². The summed E-state index contributed by atoms with van der Waals surface area (Å²) < 4.78 is 5.15. The lowest BCUT2D eigenvalue weighted by Gasteiger charge is -2.29. The topological polar surface area (TPSA) is 24.5 Å². The van der Waals surface area contributed by atoms with Crippen LogP contribution in [0.1, 0.15) is 37.8 Å². The van der Waals surface area contributed by atoms with Crippen molar-refractivity contribution in [3.8, 4) is 0 Å². The van der Waals surface area contributed by atoms with Crippen LogP contribution in [0.4, 0.5) is 0 Å². The summed E-state index contributed by atoms with van der Waals surface area (Å²) in [5, 5.41) is 3.67. The van der Waals surface area contributed by atoms with E-state index in [9.17, 15) is 0 Å². The second-order valence-corrected chi connectivity index (χ2v) is 5.76. The molecule has 0 amide bonds. The monoisotopic (exact) mass is 276 g/mol. The van der Waals surface area contributed by atoms with Crippen molar-refractivity contribution in [1.82, 2.24) is 10.2 Å². The zero-order chi connectivity index (χ0) is 14.2. The molecule has 1 heterocycles. The molecule has 112 valence electrons. The first-order valence-corrected chi connectivity index (χ1v) is 7.82. The van der Waals surface area contributed by atoms with Crippen LogP contribution < -0.4 is 5.32 Å². The van der Waals surface area contributed by atoms with Gasteiger partial charge in [-0.15, -0.1) is 0 Å². The minimum atomic E-state index is 0.503. The van der Waals surface area contributed by atoms with Crippen LogP contribution in [-0.4, -0.2) is 44.3 Å². The lowest BCUT2D eigenvalue weighted by atomic mass is 10.0. The van der Waals surface area contributed by atoms with Gasteiger partial charge in [-0.25, -0.2) is 0 Å². The first-order valence-electron chi connectivity index (χ1n) is 7.82. The van der Waals surface area contributed by atoms with Gasteiger partial charge in [0.15, 0.2) is 0 Å². The summed E-state index contributed by atoms with van der Waals surface area (Å²) in [6.07, 6.45) is 3.74. The zero-order valence-electron chi connectivity index (χ0n) is 12.8. The van der Waals surface area contributed by atoms with Crippen LogP contribution in [0.2, 0.25) is 0 Å². The molecule has 3 heteroatoms. The maximum Gasteiger partial charge on any atom is 0.0476 e. The number of hydrogen-bond donors (Lipinski definition) is 1. The number of ether oxygens (including phenoxy) is 1. The molecule has 20 heavy (non-hydrogen) atoms. The Morgan fingerprint density at radius 2 is 1.90 bits per heavy atom. The Kier molecular flexibility index (Phi) is 6.51. The third-order valence-corrected chi connectivity index (χ3v) is 4.18. The minimum absolute atomic E-state index is 0.503. The molecule has 1 aromatic rings. The van der Waals surface area contributed by atoms with Crippen molar-refractivity contribution < 1.29 is 4.74 Å². The first kappa shape index (κ1) is 15.5. The number of nitrogens with zero attached hydrogens (tertiary/aromatic N) is 1. The van der Waals surface area contributed by atoms with Gasteiger partial charge < -0.3 is 10.1 Å². The summed E-state index contributed by atoms with van der Waals surface area (Å²) in [6, 6.07) is 11.9. The number of benzene rings is 1. The zero-order valence-corrected chi connectivity index (χ0v) is 12.8. The molecule has 3 nitrogen and oxygen atoms in total. The highest BCUT2D eigenvalue weighted by Gasteiger charge is 2.23. The lowest BCUT2D eigenvalue weighted by Crippen LogP contribution is -2.38. The van der Waals surface area contributed by atoms with Crippen LogP contribution in [0.5, 0.6) is 0 Å². The van der Waals surface area contributed by atoms with E-state index in [1.165, 1.54) is 31.5 Å². The summed E-state index contributed by atoms with van der Waals surface area (Å²) in [4.78, 5) is 2.62. The van der Waals surface area contributed by atoms with Crippen LogP contribution in [0.15, 0.2) is 30.3 Å². The fourth-order valence-corrected chi connectivity index (χ4v) is 2.90. The average Bonchev–Trinajstić information content (AvgIpc) is 3.00. The second kappa shape index (κ2) is 8.40. The molecule has 1 aromatic carbocycles. The van der Waals surface area contributed by atoms with Crippen molar-refractivity contribution in [1.29, 1.82) is 0 Å². The molecule has 1 fully saturated rings. The average molecular weight is 276 g/mol. The molecular formula is C17H28N2O. The summed E-state index contributed by atoms with van der Waals surface area (Å²) in [5.41, 5.74) is 1.43. The summed E-state index contributed by atoms with van der Waals surface area (Å²) in [6.45, 7) is 6.55. The van der Waals surface area contributed by atoms with E-state index in [1.54, 1.807) is 7.11 Å². The molecule has 1 aliphatic rings. The van der Waals surface area contributed by atoms with Crippen molar-refractivity contribution in [3.05, 3.63) is 35.9 Å². The SMILES string of the molecule is COCCC(C)NCC(c1ccccc1)N1CCCC1. The highest BCUT2D eigenvalue weighted by Crippen LogP contribution is 2.24. The summed E-state index contributed by atoms with van der Waals surface area (Å²) in [5.74, 6) is 0. The van der Waals surface area contributed by atoms with Gasteiger partial charge in [-0.3, -0.25) is 4.90 Å². The van der Waals surface area contributed by atoms with Gasteiger partial charge in [0.25, 0.3) is 0 Å². The number of likely N-dealkylation sites (tertiary alicyclic amines) is 1. The van der Waals surface area contributed by atoms with E-state index >= 15 is 0 Å². The predicted molar refractivity (Wildman–Crippen MR) is 83.9 cm³/mol. The Morgan fingerprint density at radius 3 is 2.55 bits per heavy atom. The van der Waals surface area contributed by atoms with Gasteiger partial charge >= 0.3 is 0 Å². The van der Waals surface area contributed by atoms with Gasteiger partial charge in [-0.1, -0.05) is 30.3 Å². The maximum atomic E-state index is 5.15. The second-order valence-electron chi connectivity index (χ2n) is 5.76. The predicted octanol–water partition coefficient (Wildman–Crippen LogP) is 2.84. The molecule has 1 aliphatic heterocycles. The smallest absolute Gasteiger partial charge is 0.0476 e. The number of hydrogen-bond acceptors (Lipinski definition) is 3. The Balaban J connectivity index is 1.93. The molecule has 1 N–H and O–H groups in total. The van der Waals surface area contributed by atoms with Gasteiger partial charge in [0.2, 0.25) is 0 Å². The van der Waals surface area contributed by atoms with Gasteiger partial charge in [0.1, 0.15) is 0 Å². The molecular weight excluding hydrogens is 248 g/mol. The fraction of sp³-hybridized carbons (Fsp3) is 0.647. The summed E-state index contributed by atoms with van der Waals surface area (Å²) in [7, 11) is 1.77. The quantitative estimate of drug-likeness (QED) is 0.790. The van der Waals surface area contributed by atoms with Crippen LogP contribution in [0.25, 0.3) is 0 Å². The molecule has 2 atom stereocenters. The Labute approximate surface area is 123 Å². The molecule has 1 saturated heterocycles. The van der Waals surface area contributed by atoms with E-state index in [0.717, 1.165) is 19.6 Å². The first-order chi connectivity index (χ1) is 9.81. The molecule has 2 unspecified atom stereocenters. The number of nitrogens with one attached hydrogen (secondary N) is 1. The fourth-order valence-electron chi connectivity index (χ4n) is 2.90. The van der Waals surface area contributed by atoms with Gasteiger partial charge in [0, 0.05) is 32.3 Å². The van der Waals surface area contributed by atoms with E-state index in [1.807, 2.05) is 0 Å². The minimum Gasteiger partial charge on any atom is -0.385 e. The molecule has 0 bridgehead atoms. The molecule has 0 radical (unpaired) electrons. The Bertz CT molecular complexity index is 363. The normalized spacial score (nSPS) is 19.1. The third-order valence-electron chi connectivity index (χ3n) is 4.18. The van der Waals surface area contributed by atoms with Crippen LogP contribution in [0.3, 0.4) is 0 Å². The standard InChI is InChI=1S/C17H28N2O/c1-15(10-13-20-2)18-14-17(19-11-6-7-12-19)16-8-4-3-5-9-16/h3-5,8-9,15,17-18H,6-7,10-14H2,1-2H3. The molecule has 0 aromatic heterocycles. The van der Waals surface area contributed by atoms with Crippen molar-refractivity contribution >= 4 is 0 Å². The number of rotatable bonds is 8. The van der Waals surface area contributed by atoms with Gasteiger partial charge in [-0.2, -0.15) is 0 Å². The molecule has 0 spiro atoms. The van der Waals surface area contributed by atoms with Crippen molar-refractivity contribution in [2.45, 2.75) is 38.3 Å². The van der Waals surface area contributed by atoms with Gasteiger partial charge in [0.05, 0.1) is 0 Å². The van der Waals surface area contributed by atoms with Crippen LogP contribution in [-0.2, 0) is 4.74 Å². The van der Waals surface area contributed by atoms with E-state index in [4.69, 9.17) is 4.74 Å². The third kappa shape index (κ3) is 4.58. The molecule has 2 rings (SSSR count). The van der Waals surface area contributed by atoms with Crippen LogP contribution in [0, 0.1) is 0 Å². The van der Waals surface area contributed by atoms with E-state index in [2.05, 4.69) is 47.5 Å². The number of methoxy groups -OCH3 is 1. The molecule has 0 aliphatic carbocycles. The van der Waals surface area contributed by atoms with Crippen molar-refractivity contribution in [3.63, 3.8) is 0 Å².